The van der Waals surface area contributed by atoms with E-state index in [9.17, 15) is 4.79 Å². The molecule has 0 saturated carbocycles. The minimum absolute atomic E-state index is 0.313. The van der Waals surface area contributed by atoms with E-state index in [-0.39, 0.29) is 5.97 Å². The number of anilines is 2. The van der Waals surface area contributed by atoms with Gasteiger partial charge in [0, 0.05) is 31.0 Å². The number of piperidine rings is 1. The zero-order chi connectivity index (χ0) is 16.8. The average Bonchev–Trinajstić information content (AvgIpc) is 2.64. The van der Waals surface area contributed by atoms with Crippen LogP contribution in [-0.4, -0.2) is 36.7 Å². The summed E-state index contributed by atoms with van der Waals surface area (Å²) >= 11 is 0. The van der Waals surface area contributed by atoms with Crippen molar-refractivity contribution in [2.75, 3.05) is 29.9 Å². The van der Waals surface area contributed by atoms with E-state index in [0.717, 1.165) is 25.9 Å². The molecule has 0 spiro atoms. The number of ether oxygens (including phenoxy) is 1. The summed E-state index contributed by atoms with van der Waals surface area (Å²) in [4.78, 5) is 18.8. The topological polar surface area (TPSA) is 54.5 Å². The molecule has 1 saturated heterocycles. The summed E-state index contributed by atoms with van der Waals surface area (Å²) in [6.45, 7) is 4.15. The van der Waals surface area contributed by atoms with Crippen molar-refractivity contribution in [2.45, 2.75) is 25.8 Å². The number of esters is 1. The molecule has 0 unspecified atom stereocenters. The standard InChI is InChI=1S/C19H23N3O2/c1-2-24-19(23)17-9-6-12-20-18(17)21-15-10-13-22(14-11-15)16-7-4-3-5-8-16/h3-9,12,15H,2,10-11,13-14H2,1H3,(H,20,21). The third-order valence-corrected chi connectivity index (χ3v) is 4.26. The molecule has 2 heterocycles. The maximum atomic E-state index is 12.0. The van der Waals surface area contributed by atoms with Crippen molar-refractivity contribution < 1.29 is 9.53 Å². The number of benzene rings is 1. The second-order valence-corrected chi connectivity index (χ2v) is 5.86. The van der Waals surface area contributed by atoms with Gasteiger partial charge >= 0.3 is 5.97 Å². The molecule has 1 aliphatic heterocycles. The van der Waals surface area contributed by atoms with Crippen molar-refractivity contribution >= 4 is 17.5 Å². The molecule has 24 heavy (non-hydrogen) atoms. The number of nitrogens with one attached hydrogen (secondary N) is 1. The molecule has 1 N–H and O–H groups in total. The minimum Gasteiger partial charge on any atom is -0.462 e. The highest BCUT2D eigenvalue weighted by atomic mass is 16.5. The lowest BCUT2D eigenvalue weighted by atomic mass is 10.0. The van der Waals surface area contributed by atoms with Gasteiger partial charge in [-0.3, -0.25) is 0 Å². The van der Waals surface area contributed by atoms with Crippen LogP contribution in [0.25, 0.3) is 0 Å². The molecule has 0 aliphatic carbocycles. The van der Waals surface area contributed by atoms with E-state index in [1.165, 1.54) is 5.69 Å². The first-order valence-corrected chi connectivity index (χ1v) is 8.46. The van der Waals surface area contributed by atoms with E-state index in [1.807, 2.05) is 6.07 Å². The van der Waals surface area contributed by atoms with Crippen molar-refractivity contribution in [1.29, 1.82) is 0 Å². The number of aromatic nitrogens is 1. The first-order chi connectivity index (χ1) is 11.8. The van der Waals surface area contributed by atoms with Gasteiger partial charge in [-0.1, -0.05) is 18.2 Å². The Labute approximate surface area is 142 Å². The summed E-state index contributed by atoms with van der Waals surface area (Å²) in [6, 6.07) is 14.3. The predicted octanol–water partition coefficient (Wildman–Crippen LogP) is 3.34. The molecule has 0 radical (unpaired) electrons. The van der Waals surface area contributed by atoms with E-state index in [4.69, 9.17) is 4.74 Å². The quantitative estimate of drug-likeness (QED) is 0.855. The van der Waals surface area contributed by atoms with Gasteiger partial charge in [0.1, 0.15) is 11.4 Å². The fraction of sp³-hybridized carbons (Fsp3) is 0.368. The van der Waals surface area contributed by atoms with Crippen molar-refractivity contribution in [3.05, 3.63) is 54.2 Å². The van der Waals surface area contributed by atoms with Crippen molar-refractivity contribution in [2.24, 2.45) is 0 Å². The molecule has 1 aliphatic rings. The van der Waals surface area contributed by atoms with E-state index in [0.29, 0.717) is 24.0 Å². The highest BCUT2D eigenvalue weighted by molar-refractivity contribution is 5.94. The van der Waals surface area contributed by atoms with Crippen LogP contribution in [0, 0.1) is 0 Å². The normalized spacial score (nSPS) is 15.1. The fourth-order valence-electron chi connectivity index (χ4n) is 3.01. The third-order valence-electron chi connectivity index (χ3n) is 4.26. The lowest BCUT2D eigenvalue weighted by Gasteiger charge is -2.34. The number of hydrogen-bond donors (Lipinski definition) is 1. The molecule has 126 valence electrons. The minimum atomic E-state index is -0.324. The molecule has 0 amide bonds. The summed E-state index contributed by atoms with van der Waals surface area (Å²) in [5.74, 6) is 0.295. The number of para-hydroxylation sites is 1. The summed E-state index contributed by atoms with van der Waals surface area (Å²) in [5.41, 5.74) is 1.77. The Morgan fingerprint density at radius 1 is 1.21 bits per heavy atom. The number of carbonyl (C=O) groups is 1. The molecule has 2 aromatic rings. The molecule has 0 atom stereocenters. The van der Waals surface area contributed by atoms with Gasteiger partial charge in [0.15, 0.2) is 0 Å². The van der Waals surface area contributed by atoms with Gasteiger partial charge in [-0.2, -0.15) is 0 Å². The molecule has 1 aromatic carbocycles. The highest BCUT2D eigenvalue weighted by Gasteiger charge is 2.22. The molecular formula is C19H23N3O2. The predicted molar refractivity (Wildman–Crippen MR) is 95.5 cm³/mol. The first kappa shape index (κ1) is 16.3. The number of hydrogen-bond acceptors (Lipinski definition) is 5. The smallest absolute Gasteiger partial charge is 0.341 e. The zero-order valence-corrected chi connectivity index (χ0v) is 13.9. The third kappa shape index (κ3) is 3.85. The maximum absolute atomic E-state index is 12.0. The van der Waals surface area contributed by atoms with E-state index < -0.39 is 0 Å². The Morgan fingerprint density at radius 3 is 2.67 bits per heavy atom. The highest BCUT2D eigenvalue weighted by Crippen LogP contribution is 2.22. The Kier molecular flexibility index (Phi) is 5.31. The summed E-state index contributed by atoms with van der Waals surface area (Å²) in [7, 11) is 0. The Bertz CT molecular complexity index is 667. The van der Waals surface area contributed by atoms with Gasteiger partial charge in [-0.15, -0.1) is 0 Å². The second-order valence-electron chi connectivity index (χ2n) is 5.86. The van der Waals surface area contributed by atoms with Crippen molar-refractivity contribution in [1.82, 2.24) is 4.98 Å². The van der Waals surface area contributed by atoms with Crippen LogP contribution in [0.4, 0.5) is 11.5 Å². The molecule has 0 bridgehead atoms. The lowest BCUT2D eigenvalue weighted by Crippen LogP contribution is -2.39. The Hall–Kier alpha value is -2.56. The van der Waals surface area contributed by atoms with Crippen LogP contribution in [0.2, 0.25) is 0 Å². The van der Waals surface area contributed by atoms with Crippen LogP contribution < -0.4 is 10.2 Å². The van der Waals surface area contributed by atoms with E-state index in [1.54, 1.807) is 25.3 Å². The maximum Gasteiger partial charge on any atom is 0.341 e. The van der Waals surface area contributed by atoms with Gasteiger partial charge in [-0.05, 0) is 44.0 Å². The van der Waals surface area contributed by atoms with Gasteiger partial charge in [0.05, 0.1) is 6.61 Å². The van der Waals surface area contributed by atoms with Crippen LogP contribution in [0.1, 0.15) is 30.1 Å². The van der Waals surface area contributed by atoms with Crippen LogP contribution >= 0.6 is 0 Å². The fourth-order valence-corrected chi connectivity index (χ4v) is 3.01. The van der Waals surface area contributed by atoms with Crippen LogP contribution in [0.15, 0.2) is 48.7 Å². The number of pyridine rings is 1. The monoisotopic (exact) mass is 325 g/mol. The van der Waals surface area contributed by atoms with E-state index >= 15 is 0 Å². The van der Waals surface area contributed by atoms with Crippen molar-refractivity contribution in [3.8, 4) is 0 Å². The largest absolute Gasteiger partial charge is 0.462 e. The molecule has 1 aromatic heterocycles. The van der Waals surface area contributed by atoms with E-state index in [2.05, 4.69) is 39.5 Å². The Balaban J connectivity index is 1.61. The Morgan fingerprint density at radius 2 is 1.96 bits per heavy atom. The molecule has 3 rings (SSSR count). The van der Waals surface area contributed by atoms with Crippen molar-refractivity contribution in [3.63, 3.8) is 0 Å². The summed E-state index contributed by atoms with van der Waals surface area (Å²) in [6.07, 6.45) is 3.71. The van der Waals surface area contributed by atoms with Crippen LogP contribution in [-0.2, 0) is 4.74 Å². The molecule has 5 heteroatoms. The van der Waals surface area contributed by atoms with Gasteiger partial charge in [0.25, 0.3) is 0 Å². The summed E-state index contributed by atoms with van der Waals surface area (Å²) < 4.78 is 5.11. The van der Waals surface area contributed by atoms with Crippen LogP contribution in [0.5, 0.6) is 0 Å². The molecular weight excluding hydrogens is 302 g/mol. The van der Waals surface area contributed by atoms with Crippen LogP contribution in [0.3, 0.4) is 0 Å². The average molecular weight is 325 g/mol. The lowest BCUT2D eigenvalue weighted by molar-refractivity contribution is 0.0527. The SMILES string of the molecule is CCOC(=O)c1cccnc1NC1CCN(c2ccccc2)CC1. The second kappa shape index (κ2) is 7.81. The van der Waals surface area contributed by atoms with Gasteiger partial charge in [-0.25, -0.2) is 9.78 Å². The summed E-state index contributed by atoms with van der Waals surface area (Å²) in [5, 5.41) is 3.42. The molecule has 1 fully saturated rings. The van der Waals surface area contributed by atoms with Gasteiger partial charge in [0.2, 0.25) is 0 Å². The molecule has 5 nitrogen and oxygen atoms in total. The zero-order valence-electron chi connectivity index (χ0n) is 13.9. The number of rotatable bonds is 5. The number of nitrogens with zero attached hydrogens (tertiary/aromatic N) is 2. The first-order valence-electron chi connectivity index (χ1n) is 8.46. The van der Waals surface area contributed by atoms with Gasteiger partial charge < -0.3 is 15.0 Å². The number of carbonyl (C=O) groups excluding carboxylic acids is 1.